The van der Waals surface area contributed by atoms with E-state index >= 15 is 0 Å². The van der Waals surface area contributed by atoms with E-state index in [-0.39, 0.29) is 16.5 Å². The Hall–Kier alpha value is -0.840. The summed E-state index contributed by atoms with van der Waals surface area (Å²) in [5, 5.41) is 16.8. The topological polar surface area (TPSA) is 161 Å². The van der Waals surface area contributed by atoms with Gasteiger partial charge in [0, 0.05) is 5.75 Å². The Balaban J connectivity index is 4.27. The fraction of sp³-hybridized carbons (Fsp3) is 0.667. The largest absolute Gasteiger partial charge is 0.480 e. The molecule has 0 rings (SSSR count). The minimum Gasteiger partial charge on any atom is -0.480 e. The fourth-order valence-corrected chi connectivity index (χ4v) is 3.55. The van der Waals surface area contributed by atoms with Crippen molar-refractivity contribution in [1.82, 2.24) is 0 Å². The maximum atomic E-state index is 11.2. The molecular weight excluding hydrogens is 260 g/mol. The van der Waals surface area contributed by atoms with Crippen molar-refractivity contribution in [3.8, 4) is 0 Å². The lowest BCUT2D eigenvalue weighted by Crippen LogP contribution is -2.37. The molecule has 0 bridgehead atoms. The molecule has 0 fully saturated rings. The predicted molar refractivity (Wildman–Crippen MR) is 57.5 cm³/mol. The smallest absolute Gasteiger partial charge is 0.321 e. The van der Waals surface area contributed by atoms with E-state index in [1.165, 1.54) is 0 Å². The first-order valence-electron chi connectivity index (χ1n) is 3.99. The molecule has 0 aromatic carbocycles. The molecule has 0 aliphatic heterocycles. The number of carboxylic acids is 2. The van der Waals surface area contributed by atoms with Crippen molar-refractivity contribution in [1.29, 1.82) is 0 Å². The van der Waals surface area contributed by atoms with E-state index in [4.69, 9.17) is 21.7 Å². The van der Waals surface area contributed by atoms with Crippen LogP contribution in [0.25, 0.3) is 0 Å². The van der Waals surface area contributed by atoms with E-state index in [2.05, 4.69) is 0 Å². The Kier molecular flexibility index (Phi) is 5.72. The van der Waals surface area contributed by atoms with Crippen LogP contribution in [0.4, 0.5) is 0 Å². The van der Waals surface area contributed by atoms with Gasteiger partial charge >= 0.3 is 11.9 Å². The Labute approximate surface area is 95.3 Å². The summed E-state index contributed by atoms with van der Waals surface area (Å²) in [5.41, 5.74) is 10.1. The van der Waals surface area contributed by atoms with Gasteiger partial charge in [-0.2, -0.15) is 0 Å². The van der Waals surface area contributed by atoms with Crippen molar-refractivity contribution in [2.24, 2.45) is 11.5 Å². The summed E-state index contributed by atoms with van der Waals surface area (Å²) >= 11 is 0. The molecule has 0 saturated heterocycles. The van der Waals surface area contributed by atoms with E-state index in [1.807, 2.05) is 0 Å². The highest BCUT2D eigenvalue weighted by atomic mass is 33.1. The molecule has 16 heavy (non-hydrogen) atoms. The summed E-state index contributed by atoms with van der Waals surface area (Å²) in [6, 6.07) is -2.85. The molecule has 0 saturated carbocycles. The number of hydrogen-bond acceptors (Lipinski definition) is 7. The second kappa shape index (κ2) is 6.03. The molecule has 0 unspecified atom stereocenters. The number of rotatable bonds is 7. The Morgan fingerprint density at radius 2 is 1.56 bits per heavy atom. The first kappa shape index (κ1) is 15.2. The number of aliphatic carboxylic acids is 2. The van der Waals surface area contributed by atoms with Gasteiger partial charge in [-0.25, -0.2) is 8.42 Å². The Morgan fingerprint density at radius 1 is 1.12 bits per heavy atom. The van der Waals surface area contributed by atoms with Gasteiger partial charge in [0.15, 0.2) is 0 Å². The van der Waals surface area contributed by atoms with Crippen LogP contribution in [-0.2, 0) is 18.5 Å². The molecule has 0 spiro atoms. The molecule has 6 N–H and O–H groups in total. The molecule has 10 heteroatoms. The Morgan fingerprint density at radius 3 is 1.94 bits per heavy atom. The zero-order chi connectivity index (χ0) is 12.9. The average molecular weight is 272 g/mol. The van der Waals surface area contributed by atoms with Crippen LogP contribution in [0.1, 0.15) is 0 Å². The molecule has 0 radical (unpaired) electrons. The third-order valence-corrected chi connectivity index (χ3v) is 4.96. The molecule has 8 nitrogen and oxygen atoms in total. The van der Waals surface area contributed by atoms with Crippen molar-refractivity contribution in [3.05, 3.63) is 0 Å². The van der Waals surface area contributed by atoms with Crippen LogP contribution in [0.5, 0.6) is 0 Å². The average Bonchev–Trinajstić information content (AvgIpc) is 2.13. The first-order chi connectivity index (χ1) is 7.15. The molecule has 0 aromatic rings. The lowest BCUT2D eigenvalue weighted by molar-refractivity contribution is -0.138. The molecule has 0 heterocycles. The molecule has 2 atom stereocenters. The highest BCUT2D eigenvalue weighted by Gasteiger charge is 2.24. The van der Waals surface area contributed by atoms with Gasteiger partial charge in [-0.1, -0.05) is 0 Å². The van der Waals surface area contributed by atoms with Crippen molar-refractivity contribution >= 4 is 31.6 Å². The van der Waals surface area contributed by atoms with E-state index in [0.717, 1.165) is 0 Å². The fourth-order valence-electron chi connectivity index (χ4n) is 0.588. The third-order valence-electron chi connectivity index (χ3n) is 1.45. The summed E-state index contributed by atoms with van der Waals surface area (Å²) in [6.45, 7) is 0. The summed E-state index contributed by atoms with van der Waals surface area (Å²) in [6.07, 6.45) is 0. The summed E-state index contributed by atoms with van der Waals surface area (Å²) in [7, 11) is -3.50. The van der Waals surface area contributed by atoms with E-state index in [0.29, 0.717) is 0 Å². The normalized spacial score (nSPS) is 15.4. The van der Waals surface area contributed by atoms with Crippen molar-refractivity contribution in [2.75, 3.05) is 11.5 Å². The molecule has 0 aliphatic rings. The van der Waals surface area contributed by atoms with Crippen LogP contribution in [0.2, 0.25) is 0 Å². The maximum Gasteiger partial charge on any atom is 0.321 e. The summed E-state index contributed by atoms with van der Waals surface area (Å²) < 4.78 is 22.5. The summed E-state index contributed by atoms with van der Waals surface area (Å²) in [5.74, 6) is -3.89. The van der Waals surface area contributed by atoms with Gasteiger partial charge in [0.05, 0.1) is 5.75 Å². The van der Waals surface area contributed by atoms with Crippen LogP contribution >= 0.6 is 10.8 Å². The van der Waals surface area contributed by atoms with E-state index in [1.54, 1.807) is 0 Å². The number of carboxylic acid groups (broad SMARTS) is 2. The quantitative estimate of drug-likeness (QED) is 0.379. The number of nitrogens with two attached hydrogens (primary N) is 2. The molecule has 94 valence electrons. The SMILES string of the molecule is N[C@H](CSS(=O)(=O)C[C@H](N)C(=O)O)C(=O)O. The van der Waals surface area contributed by atoms with E-state index < -0.39 is 38.6 Å². The Bertz CT molecular complexity index is 367. The number of carbonyl (C=O) groups is 2. The second-order valence-electron chi connectivity index (χ2n) is 2.90. The van der Waals surface area contributed by atoms with Crippen molar-refractivity contribution < 1.29 is 28.2 Å². The van der Waals surface area contributed by atoms with Crippen LogP contribution in [0.15, 0.2) is 0 Å². The van der Waals surface area contributed by atoms with Crippen LogP contribution < -0.4 is 11.5 Å². The lowest BCUT2D eigenvalue weighted by atomic mass is 10.4. The molecule has 0 aliphatic carbocycles. The van der Waals surface area contributed by atoms with Gasteiger partial charge in [-0.3, -0.25) is 9.59 Å². The predicted octanol–water partition coefficient (Wildman–Crippen LogP) is -2.13. The summed E-state index contributed by atoms with van der Waals surface area (Å²) in [4.78, 5) is 20.6. The monoisotopic (exact) mass is 272 g/mol. The minimum absolute atomic E-state index is 0.284. The van der Waals surface area contributed by atoms with Crippen molar-refractivity contribution in [2.45, 2.75) is 12.1 Å². The van der Waals surface area contributed by atoms with Gasteiger partial charge in [0.25, 0.3) is 0 Å². The lowest BCUT2D eigenvalue weighted by Gasteiger charge is -2.08. The zero-order valence-electron chi connectivity index (χ0n) is 8.07. The van der Waals surface area contributed by atoms with Gasteiger partial charge in [-0.05, 0) is 10.8 Å². The molecule has 0 aromatic heterocycles. The highest BCUT2D eigenvalue weighted by molar-refractivity contribution is 8.72. The first-order valence-corrected chi connectivity index (χ1v) is 7.15. The standard InChI is InChI=1S/C6H12N2O6S2/c7-3(5(9)10)1-15-16(13,14)2-4(8)6(11)12/h3-4H,1-2,7-8H2,(H,9,10)(H,11,12)/t3-,4+/m1/s1. The molecule has 0 amide bonds. The highest BCUT2D eigenvalue weighted by Crippen LogP contribution is 2.14. The van der Waals surface area contributed by atoms with Crippen molar-refractivity contribution in [3.63, 3.8) is 0 Å². The van der Waals surface area contributed by atoms with Crippen LogP contribution in [0, 0.1) is 0 Å². The zero-order valence-corrected chi connectivity index (χ0v) is 9.70. The van der Waals surface area contributed by atoms with Gasteiger partial charge in [-0.15, -0.1) is 0 Å². The van der Waals surface area contributed by atoms with Crippen LogP contribution in [0.3, 0.4) is 0 Å². The second-order valence-corrected chi connectivity index (χ2v) is 7.15. The van der Waals surface area contributed by atoms with Gasteiger partial charge in [0.1, 0.15) is 12.1 Å². The maximum absolute atomic E-state index is 11.2. The van der Waals surface area contributed by atoms with E-state index in [9.17, 15) is 18.0 Å². The number of hydrogen-bond donors (Lipinski definition) is 4. The minimum atomic E-state index is -3.79. The third kappa shape index (κ3) is 5.90. The van der Waals surface area contributed by atoms with Gasteiger partial charge < -0.3 is 21.7 Å². The molecular formula is C6H12N2O6S2. The van der Waals surface area contributed by atoms with Crippen LogP contribution in [-0.4, -0.2) is 54.2 Å². The van der Waals surface area contributed by atoms with Gasteiger partial charge in [0.2, 0.25) is 8.87 Å².